The van der Waals surface area contributed by atoms with Crippen LogP contribution in [-0.2, 0) is 11.4 Å². The molecule has 5 nitrogen and oxygen atoms in total. The van der Waals surface area contributed by atoms with Crippen LogP contribution >= 0.6 is 34.4 Å². The van der Waals surface area contributed by atoms with Crippen LogP contribution in [0.2, 0.25) is 0 Å². The highest BCUT2D eigenvalue weighted by Crippen LogP contribution is 2.37. The van der Waals surface area contributed by atoms with E-state index in [-0.39, 0.29) is 11.1 Å². The highest BCUT2D eigenvalue weighted by atomic mass is 127. The number of likely N-dealkylation sites (N-methyl/N-ethyl adjacent to an activating group) is 1. The van der Waals surface area contributed by atoms with E-state index in [0.717, 1.165) is 31.4 Å². The Morgan fingerprint density at radius 3 is 2.48 bits per heavy atom. The molecule has 1 fully saturated rings. The lowest BCUT2D eigenvalue weighted by molar-refractivity contribution is -0.121. The highest BCUT2D eigenvalue weighted by molar-refractivity contribution is 14.1. The molecule has 0 atom stereocenters. The fourth-order valence-corrected chi connectivity index (χ4v) is 4.11. The summed E-state index contributed by atoms with van der Waals surface area (Å²) in [5, 5.41) is -0.272. The van der Waals surface area contributed by atoms with Crippen molar-refractivity contribution in [2.24, 2.45) is 0 Å². The minimum Gasteiger partial charge on any atom is -0.493 e. The van der Waals surface area contributed by atoms with Crippen molar-refractivity contribution in [3.8, 4) is 11.5 Å². The maximum atomic E-state index is 12.1. The molecule has 1 aliphatic rings. The molecule has 140 valence electrons. The molecule has 0 N–H and O–H groups in total. The van der Waals surface area contributed by atoms with Crippen molar-refractivity contribution in [1.82, 2.24) is 4.90 Å². The molecule has 1 aliphatic heterocycles. The third kappa shape index (κ3) is 4.47. The van der Waals surface area contributed by atoms with E-state index in [1.165, 1.54) is 12.6 Å². The summed E-state index contributed by atoms with van der Waals surface area (Å²) in [5.74, 6) is 0.939. The maximum absolute atomic E-state index is 12.1. The van der Waals surface area contributed by atoms with E-state index in [4.69, 9.17) is 9.47 Å². The molecule has 27 heavy (non-hydrogen) atoms. The second-order valence-electron chi connectivity index (χ2n) is 6.05. The highest BCUT2D eigenvalue weighted by Gasteiger charge is 2.31. The monoisotopic (exact) mass is 495 g/mol. The van der Waals surface area contributed by atoms with Crippen LogP contribution < -0.4 is 9.47 Å². The molecule has 0 unspecified atom stereocenters. The number of carbonyl (C=O) groups excluding carboxylic acids is 2. The third-order valence-corrected chi connectivity index (χ3v) is 5.80. The van der Waals surface area contributed by atoms with E-state index < -0.39 is 0 Å². The van der Waals surface area contributed by atoms with Gasteiger partial charge in [0.25, 0.3) is 11.1 Å². The predicted molar refractivity (Wildman–Crippen MR) is 115 cm³/mol. The van der Waals surface area contributed by atoms with Crippen LogP contribution in [0.4, 0.5) is 4.79 Å². The van der Waals surface area contributed by atoms with Gasteiger partial charge in [-0.15, -0.1) is 0 Å². The van der Waals surface area contributed by atoms with Gasteiger partial charge in [0.15, 0.2) is 11.5 Å². The van der Waals surface area contributed by atoms with Crippen molar-refractivity contribution < 1.29 is 19.1 Å². The summed E-state index contributed by atoms with van der Waals surface area (Å²) in [7, 11) is 3.05. The van der Waals surface area contributed by atoms with Crippen molar-refractivity contribution in [2.45, 2.75) is 13.5 Å². The van der Waals surface area contributed by atoms with Gasteiger partial charge in [-0.05, 0) is 70.6 Å². The molecule has 1 heterocycles. The standard InChI is InChI=1S/C20H18INO4S/c1-12-4-6-13(7-5-12)11-26-18-15(21)8-14(9-16(18)25-3)10-17-19(23)22(2)20(24)27-17/h4-10H,11H2,1-3H3. The Bertz CT molecular complexity index is 924. The van der Waals surface area contributed by atoms with Crippen LogP contribution in [0, 0.1) is 10.5 Å². The Morgan fingerprint density at radius 1 is 1.19 bits per heavy atom. The molecule has 0 saturated carbocycles. The third-order valence-electron chi connectivity index (χ3n) is 4.04. The van der Waals surface area contributed by atoms with Crippen molar-refractivity contribution in [3.63, 3.8) is 0 Å². The quantitative estimate of drug-likeness (QED) is 0.439. The number of rotatable bonds is 5. The van der Waals surface area contributed by atoms with Gasteiger partial charge in [-0.2, -0.15) is 0 Å². The van der Waals surface area contributed by atoms with Crippen LogP contribution in [0.3, 0.4) is 0 Å². The van der Waals surface area contributed by atoms with Gasteiger partial charge in [0, 0.05) is 7.05 Å². The second kappa shape index (κ2) is 8.35. The van der Waals surface area contributed by atoms with E-state index in [1.54, 1.807) is 19.3 Å². The number of thioether (sulfide) groups is 1. The van der Waals surface area contributed by atoms with Crippen LogP contribution in [0.15, 0.2) is 41.3 Å². The minimum atomic E-state index is -0.293. The number of hydrogen-bond acceptors (Lipinski definition) is 5. The van der Waals surface area contributed by atoms with Crippen LogP contribution in [0.5, 0.6) is 11.5 Å². The number of aryl methyl sites for hydroxylation is 1. The lowest BCUT2D eigenvalue weighted by Crippen LogP contribution is -2.22. The minimum absolute atomic E-state index is 0.272. The van der Waals surface area contributed by atoms with Gasteiger partial charge in [-0.1, -0.05) is 29.8 Å². The molecule has 0 aliphatic carbocycles. The van der Waals surface area contributed by atoms with Gasteiger partial charge in [0.2, 0.25) is 0 Å². The number of carbonyl (C=O) groups is 2. The van der Waals surface area contributed by atoms with Crippen molar-refractivity contribution in [3.05, 3.63) is 61.6 Å². The number of benzene rings is 2. The molecule has 7 heteroatoms. The van der Waals surface area contributed by atoms with E-state index in [0.29, 0.717) is 23.0 Å². The van der Waals surface area contributed by atoms with Crippen LogP contribution in [-0.4, -0.2) is 30.2 Å². The fraction of sp³-hybridized carbons (Fsp3) is 0.200. The Morgan fingerprint density at radius 2 is 1.89 bits per heavy atom. The molecule has 0 aromatic heterocycles. The van der Waals surface area contributed by atoms with Gasteiger partial charge < -0.3 is 9.47 Å². The zero-order valence-electron chi connectivity index (χ0n) is 15.1. The zero-order valence-corrected chi connectivity index (χ0v) is 18.1. The van der Waals surface area contributed by atoms with Crippen molar-refractivity contribution in [1.29, 1.82) is 0 Å². The number of methoxy groups -OCH3 is 1. The Balaban J connectivity index is 1.84. The average molecular weight is 495 g/mol. The molecule has 2 aromatic carbocycles. The molecule has 0 bridgehead atoms. The lowest BCUT2D eigenvalue weighted by Gasteiger charge is -2.14. The summed E-state index contributed by atoms with van der Waals surface area (Å²) in [6.45, 7) is 2.48. The lowest BCUT2D eigenvalue weighted by atomic mass is 10.1. The fourth-order valence-electron chi connectivity index (χ4n) is 2.50. The van der Waals surface area contributed by atoms with Crippen molar-refractivity contribution >= 4 is 51.6 Å². The first-order valence-corrected chi connectivity index (χ1v) is 10.1. The molecule has 0 radical (unpaired) electrons. The molecular formula is C20H18INO4S. The summed E-state index contributed by atoms with van der Waals surface area (Å²) in [6, 6.07) is 11.9. The first-order chi connectivity index (χ1) is 12.9. The summed E-state index contributed by atoms with van der Waals surface area (Å²) in [5.41, 5.74) is 3.05. The van der Waals surface area contributed by atoms with Gasteiger partial charge in [-0.3, -0.25) is 14.5 Å². The maximum Gasteiger partial charge on any atom is 0.293 e. The van der Waals surface area contributed by atoms with Crippen LogP contribution in [0.1, 0.15) is 16.7 Å². The molecular weight excluding hydrogens is 477 g/mol. The summed E-state index contributed by atoms with van der Waals surface area (Å²) in [6.07, 6.45) is 1.70. The van der Waals surface area contributed by atoms with Crippen LogP contribution in [0.25, 0.3) is 6.08 Å². The zero-order chi connectivity index (χ0) is 19.6. The number of ether oxygens (including phenoxy) is 2. The topological polar surface area (TPSA) is 55.8 Å². The molecule has 3 rings (SSSR count). The number of hydrogen-bond donors (Lipinski definition) is 0. The van der Waals surface area contributed by atoms with Gasteiger partial charge >= 0.3 is 0 Å². The molecule has 0 spiro atoms. The summed E-state index contributed by atoms with van der Waals surface area (Å²) < 4.78 is 12.3. The van der Waals surface area contributed by atoms with Gasteiger partial charge in [-0.25, -0.2) is 0 Å². The van der Waals surface area contributed by atoms with E-state index in [2.05, 4.69) is 22.6 Å². The summed E-state index contributed by atoms with van der Waals surface area (Å²) >= 11 is 3.11. The summed E-state index contributed by atoms with van der Waals surface area (Å²) in [4.78, 5) is 25.2. The van der Waals surface area contributed by atoms with E-state index >= 15 is 0 Å². The average Bonchev–Trinajstić information content (AvgIpc) is 2.88. The number of nitrogens with zero attached hydrogens (tertiary/aromatic N) is 1. The van der Waals surface area contributed by atoms with E-state index in [1.807, 2.05) is 37.3 Å². The SMILES string of the molecule is COc1cc(C=C2SC(=O)N(C)C2=O)cc(I)c1OCc1ccc(C)cc1. The Kier molecular flexibility index (Phi) is 6.11. The molecule has 1 saturated heterocycles. The number of amides is 2. The first-order valence-electron chi connectivity index (χ1n) is 8.16. The predicted octanol–water partition coefficient (Wildman–Crippen LogP) is 4.85. The normalized spacial score (nSPS) is 15.6. The molecule has 2 amide bonds. The van der Waals surface area contributed by atoms with Gasteiger partial charge in [0.1, 0.15) is 6.61 Å². The Labute approximate surface area is 175 Å². The van der Waals surface area contributed by atoms with Crippen molar-refractivity contribution in [2.75, 3.05) is 14.2 Å². The largest absolute Gasteiger partial charge is 0.493 e. The number of imide groups is 1. The molecule has 2 aromatic rings. The first kappa shape index (κ1) is 19.8. The Hall–Kier alpha value is -2.00. The van der Waals surface area contributed by atoms with E-state index in [9.17, 15) is 9.59 Å². The van der Waals surface area contributed by atoms with Gasteiger partial charge in [0.05, 0.1) is 15.6 Å². The number of halogens is 1. The second-order valence-corrected chi connectivity index (χ2v) is 8.20. The smallest absolute Gasteiger partial charge is 0.293 e.